The van der Waals surface area contributed by atoms with Crippen LogP contribution in [0, 0.1) is 6.92 Å². The lowest BCUT2D eigenvalue weighted by molar-refractivity contribution is -0.114. The Bertz CT molecular complexity index is 333. The Morgan fingerprint density at radius 1 is 1.25 bits per heavy atom. The monoisotopic (exact) mass is 220 g/mol. The predicted octanol–water partition coefficient (Wildman–Crippen LogP) is 4.28. The van der Waals surface area contributed by atoms with Crippen LogP contribution in [0.2, 0.25) is 0 Å². The van der Waals surface area contributed by atoms with Gasteiger partial charge in [0.1, 0.15) is 5.78 Å². The summed E-state index contributed by atoms with van der Waals surface area (Å²) >= 11 is 0. The van der Waals surface area contributed by atoms with Gasteiger partial charge in [0.15, 0.2) is 0 Å². The number of hydrogen-bond donors (Lipinski definition) is 0. The third-order valence-electron chi connectivity index (χ3n) is 2.49. The number of carbonyl (C=O) groups excluding carboxylic acids is 1. The molecule has 16 heavy (non-hydrogen) atoms. The molecule has 1 aromatic carbocycles. The fourth-order valence-electron chi connectivity index (χ4n) is 1.71. The second-order valence-corrected chi connectivity index (χ2v) is 4.55. The first-order valence-electron chi connectivity index (χ1n) is 5.95. The van der Waals surface area contributed by atoms with Crippen LogP contribution in [0.3, 0.4) is 0 Å². The van der Waals surface area contributed by atoms with Crippen LogP contribution >= 0.6 is 0 Å². The predicted molar refractivity (Wildman–Crippen MR) is 71.0 cm³/mol. The van der Waals surface area contributed by atoms with E-state index in [4.69, 9.17) is 0 Å². The summed E-state index contributed by atoms with van der Waals surface area (Å²) in [5.41, 5.74) is 4.46. The largest absolute Gasteiger partial charge is 0.300 e. The van der Waals surface area contributed by atoms with Gasteiger partial charge in [-0.2, -0.15) is 0 Å². The summed E-state index contributed by atoms with van der Waals surface area (Å²) in [5.74, 6) is 0.816. The fourth-order valence-corrected chi connectivity index (χ4v) is 1.71. The van der Waals surface area contributed by atoms with Gasteiger partial charge in [0.25, 0.3) is 0 Å². The Balaban J connectivity index is 0.000000487. The van der Waals surface area contributed by atoms with Crippen LogP contribution in [0.5, 0.6) is 0 Å². The van der Waals surface area contributed by atoms with Crippen LogP contribution in [0.25, 0.3) is 0 Å². The third kappa shape index (κ3) is 5.11. The summed E-state index contributed by atoms with van der Waals surface area (Å²) in [5, 5.41) is 0. The van der Waals surface area contributed by atoms with E-state index in [0.717, 1.165) is 6.42 Å². The molecule has 0 aromatic heterocycles. The number of rotatable bonds is 2. The highest BCUT2D eigenvalue weighted by Crippen LogP contribution is 2.21. The molecule has 90 valence electrons. The van der Waals surface area contributed by atoms with E-state index in [1.54, 1.807) is 0 Å². The summed E-state index contributed by atoms with van der Waals surface area (Å²) in [6, 6.07) is 6.63. The minimum absolute atomic E-state index is 0.167. The Kier molecular flexibility index (Phi) is 6.71. The zero-order valence-corrected chi connectivity index (χ0v) is 11.4. The van der Waals surface area contributed by atoms with Crippen molar-refractivity contribution in [2.75, 3.05) is 0 Å². The van der Waals surface area contributed by atoms with Gasteiger partial charge in [0, 0.05) is 0 Å². The van der Waals surface area contributed by atoms with Crippen LogP contribution in [0.15, 0.2) is 18.2 Å². The van der Waals surface area contributed by atoms with E-state index < -0.39 is 0 Å². The molecule has 1 rings (SSSR count). The topological polar surface area (TPSA) is 17.1 Å². The molecule has 1 aromatic rings. The van der Waals surface area contributed by atoms with Crippen molar-refractivity contribution in [3.05, 3.63) is 34.9 Å². The van der Waals surface area contributed by atoms with Gasteiger partial charge >= 0.3 is 0 Å². The minimum Gasteiger partial charge on any atom is -0.300 e. The molecule has 0 bridgehead atoms. The molecule has 1 heteroatoms. The van der Waals surface area contributed by atoms with Crippen molar-refractivity contribution in [3.8, 4) is 0 Å². The maximum atomic E-state index is 9.44. The third-order valence-corrected chi connectivity index (χ3v) is 2.49. The first kappa shape index (κ1) is 14.9. The molecular weight excluding hydrogens is 196 g/mol. The first-order valence-corrected chi connectivity index (χ1v) is 5.95. The zero-order chi connectivity index (χ0) is 12.7. The van der Waals surface area contributed by atoms with Gasteiger partial charge in [-0.05, 0) is 49.8 Å². The van der Waals surface area contributed by atoms with Gasteiger partial charge in [0.05, 0.1) is 0 Å². The first-order chi connectivity index (χ1) is 7.40. The van der Waals surface area contributed by atoms with Crippen LogP contribution in [0.1, 0.15) is 57.2 Å². The van der Waals surface area contributed by atoms with Crippen molar-refractivity contribution in [1.82, 2.24) is 0 Å². The van der Waals surface area contributed by atoms with Crippen LogP contribution < -0.4 is 0 Å². The highest BCUT2D eigenvalue weighted by Gasteiger charge is 2.04. The summed E-state index contributed by atoms with van der Waals surface area (Å²) < 4.78 is 0. The molecule has 0 heterocycles. The normalized spacial score (nSPS) is 9.69. The molecule has 0 aliphatic rings. The summed E-state index contributed by atoms with van der Waals surface area (Å²) in [4.78, 5) is 9.44. The van der Waals surface area contributed by atoms with Gasteiger partial charge in [-0.25, -0.2) is 0 Å². The molecule has 0 N–H and O–H groups in total. The lowest BCUT2D eigenvalue weighted by Gasteiger charge is -2.12. The average molecular weight is 220 g/mol. The number of carbonyl (C=O) groups is 1. The molecule has 0 spiro atoms. The Morgan fingerprint density at radius 2 is 1.75 bits per heavy atom. The van der Waals surface area contributed by atoms with E-state index in [1.165, 1.54) is 30.5 Å². The van der Waals surface area contributed by atoms with Crippen molar-refractivity contribution < 1.29 is 4.79 Å². The molecule has 0 atom stereocenters. The van der Waals surface area contributed by atoms with E-state index in [1.807, 2.05) is 0 Å². The fraction of sp³-hybridized carbons (Fsp3) is 0.533. The quantitative estimate of drug-likeness (QED) is 0.727. The van der Waals surface area contributed by atoms with Crippen molar-refractivity contribution in [2.24, 2.45) is 0 Å². The van der Waals surface area contributed by atoms with Gasteiger partial charge in [0.2, 0.25) is 0 Å². The Morgan fingerprint density at radius 3 is 2.12 bits per heavy atom. The van der Waals surface area contributed by atoms with E-state index >= 15 is 0 Å². The van der Waals surface area contributed by atoms with Crippen molar-refractivity contribution >= 4 is 5.78 Å². The number of aryl methyl sites for hydroxylation is 1. The molecule has 0 aliphatic heterocycles. The second kappa shape index (κ2) is 7.21. The van der Waals surface area contributed by atoms with E-state index in [0.29, 0.717) is 5.92 Å². The number of ketones is 1. The molecular formula is C15H24O. The van der Waals surface area contributed by atoms with E-state index in [2.05, 4.69) is 45.9 Å². The Hall–Kier alpha value is -1.11. The second-order valence-electron chi connectivity index (χ2n) is 4.55. The van der Waals surface area contributed by atoms with Crippen molar-refractivity contribution in [3.63, 3.8) is 0 Å². The highest BCUT2D eigenvalue weighted by atomic mass is 16.1. The maximum Gasteiger partial charge on any atom is 0.126 e. The average Bonchev–Trinajstić information content (AvgIpc) is 2.16. The standard InChI is InChI=1S/C12H18.C3H6O/c1-5-11-7-6-8-12(9(2)3)10(11)4;1-3(2)4/h6-9H,5H2,1-4H3;1-2H3. The zero-order valence-electron chi connectivity index (χ0n) is 11.4. The highest BCUT2D eigenvalue weighted by molar-refractivity contribution is 5.72. The molecule has 0 fully saturated rings. The van der Waals surface area contributed by atoms with Gasteiger partial charge < -0.3 is 4.79 Å². The van der Waals surface area contributed by atoms with E-state index in [9.17, 15) is 4.79 Å². The summed E-state index contributed by atoms with van der Waals surface area (Å²) in [7, 11) is 0. The maximum absolute atomic E-state index is 9.44. The van der Waals surface area contributed by atoms with Crippen LogP contribution in [0.4, 0.5) is 0 Å². The van der Waals surface area contributed by atoms with Crippen LogP contribution in [-0.4, -0.2) is 5.78 Å². The lowest BCUT2D eigenvalue weighted by atomic mass is 9.93. The molecule has 0 saturated carbocycles. The summed E-state index contributed by atoms with van der Waals surface area (Å²) in [6.07, 6.45) is 1.15. The Labute approximate surface area is 99.9 Å². The van der Waals surface area contributed by atoms with Crippen LogP contribution in [-0.2, 0) is 11.2 Å². The summed E-state index contributed by atoms with van der Waals surface area (Å²) in [6.45, 7) is 12.0. The number of benzene rings is 1. The minimum atomic E-state index is 0.167. The molecule has 0 radical (unpaired) electrons. The molecule has 0 unspecified atom stereocenters. The van der Waals surface area contributed by atoms with Gasteiger partial charge in [-0.15, -0.1) is 0 Å². The number of Topliss-reactive ketones (excluding diaryl/α,β-unsaturated/α-hetero) is 1. The lowest BCUT2D eigenvalue weighted by Crippen LogP contribution is -1.95. The van der Waals surface area contributed by atoms with Gasteiger partial charge in [-0.3, -0.25) is 0 Å². The smallest absolute Gasteiger partial charge is 0.126 e. The SMILES string of the molecule is CC(C)=O.CCc1cccc(C(C)C)c1C. The van der Waals surface area contributed by atoms with Gasteiger partial charge in [-0.1, -0.05) is 39.0 Å². The molecule has 0 aliphatic carbocycles. The number of hydrogen-bond acceptors (Lipinski definition) is 1. The van der Waals surface area contributed by atoms with E-state index in [-0.39, 0.29) is 5.78 Å². The van der Waals surface area contributed by atoms with Crippen molar-refractivity contribution in [2.45, 2.75) is 53.9 Å². The molecule has 0 amide bonds. The van der Waals surface area contributed by atoms with Crippen molar-refractivity contribution in [1.29, 1.82) is 0 Å². The molecule has 0 saturated heterocycles. The molecule has 1 nitrogen and oxygen atoms in total.